The summed E-state index contributed by atoms with van der Waals surface area (Å²) in [5.41, 5.74) is 1.31. The molecule has 18 heavy (non-hydrogen) atoms. The lowest BCUT2D eigenvalue weighted by Gasteiger charge is -2.29. The van der Waals surface area contributed by atoms with Gasteiger partial charge in [-0.3, -0.25) is 14.5 Å². The fourth-order valence-electron chi connectivity index (χ4n) is 2.27. The molecule has 1 aliphatic heterocycles. The summed E-state index contributed by atoms with van der Waals surface area (Å²) >= 11 is 0. The number of carbonyl (C=O) groups excluding carboxylic acids is 3. The van der Waals surface area contributed by atoms with Gasteiger partial charge in [0.05, 0.1) is 5.92 Å². The second-order valence-corrected chi connectivity index (χ2v) is 4.58. The maximum Gasteiger partial charge on any atom is 0.260 e. The molecule has 0 radical (unpaired) electrons. The maximum absolute atomic E-state index is 12.1. The van der Waals surface area contributed by atoms with Crippen LogP contribution >= 0.6 is 0 Å². The lowest BCUT2D eigenvalue weighted by atomic mass is 9.85. The molecule has 2 amide bonds. The number of amides is 2. The Morgan fingerprint density at radius 2 is 1.94 bits per heavy atom. The van der Waals surface area contributed by atoms with E-state index < -0.39 is 0 Å². The number of rotatable bonds is 3. The minimum Gasteiger partial charge on any atom is -0.300 e. The van der Waals surface area contributed by atoms with E-state index in [0.29, 0.717) is 18.4 Å². The normalized spacial score (nSPS) is 18.8. The van der Waals surface area contributed by atoms with Crippen LogP contribution < -0.4 is 0 Å². The molecular weight excluding hydrogens is 230 g/mol. The Bertz CT molecular complexity index is 522. The lowest BCUT2D eigenvalue weighted by Crippen LogP contribution is -2.42. The third-order valence-electron chi connectivity index (χ3n) is 3.28. The molecule has 0 spiro atoms. The highest BCUT2D eigenvalue weighted by atomic mass is 16.2. The summed E-state index contributed by atoms with van der Waals surface area (Å²) < 4.78 is 0. The second kappa shape index (κ2) is 4.72. The summed E-state index contributed by atoms with van der Waals surface area (Å²) in [6.07, 6.45) is 0.815. The molecular formula is C14H15NO3. The molecule has 94 valence electrons. The Morgan fingerprint density at radius 1 is 1.28 bits per heavy atom. The molecule has 2 rings (SSSR count). The lowest BCUT2D eigenvalue weighted by molar-refractivity contribution is -0.130. The number of likely N-dealkylation sites (N-methyl/N-ethyl adjacent to an activating group) is 1. The number of nitrogens with zero attached hydrogens (tertiary/aromatic N) is 1. The molecule has 1 atom stereocenters. The van der Waals surface area contributed by atoms with E-state index >= 15 is 0 Å². The van der Waals surface area contributed by atoms with Gasteiger partial charge in [0.25, 0.3) is 5.91 Å². The molecule has 0 aliphatic carbocycles. The van der Waals surface area contributed by atoms with Crippen LogP contribution in [0.3, 0.4) is 0 Å². The van der Waals surface area contributed by atoms with E-state index in [0.717, 1.165) is 10.5 Å². The Labute approximate surface area is 106 Å². The van der Waals surface area contributed by atoms with Crippen LogP contribution in [0.1, 0.15) is 41.6 Å². The zero-order valence-corrected chi connectivity index (χ0v) is 10.5. The van der Waals surface area contributed by atoms with Crippen molar-refractivity contribution in [2.24, 2.45) is 0 Å². The third-order valence-corrected chi connectivity index (χ3v) is 3.28. The average molecular weight is 245 g/mol. The van der Waals surface area contributed by atoms with E-state index in [1.54, 1.807) is 18.2 Å². The number of hydrogen-bond acceptors (Lipinski definition) is 3. The fourth-order valence-corrected chi connectivity index (χ4v) is 2.27. The molecule has 0 saturated heterocycles. The topological polar surface area (TPSA) is 54.5 Å². The first-order chi connectivity index (χ1) is 8.52. The summed E-state index contributed by atoms with van der Waals surface area (Å²) in [6.45, 7) is 1.51. The Morgan fingerprint density at radius 3 is 2.61 bits per heavy atom. The van der Waals surface area contributed by atoms with Gasteiger partial charge in [0.2, 0.25) is 5.91 Å². The van der Waals surface area contributed by atoms with Crippen LogP contribution in [-0.4, -0.2) is 29.5 Å². The van der Waals surface area contributed by atoms with Crippen LogP contribution in [0.2, 0.25) is 0 Å². The van der Waals surface area contributed by atoms with Crippen molar-refractivity contribution in [1.82, 2.24) is 4.90 Å². The van der Waals surface area contributed by atoms with Crippen molar-refractivity contribution in [2.45, 2.75) is 25.7 Å². The molecule has 0 fully saturated rings. The van der Waals surface area contributed by atoms with Crippen LogP contribution in [0, 0.1) is 0 Å². The summed E-state index contributed by atoms with van der Waals surface area (Å²) in [7, 11) is 1.49. The number of Topliss-reactive ketones (excluding diaryl/α,β-unsaturated/α-hetero) is 1. The van der Waals surface area contributed by atoms with Crippen molar-refractivity contribution in [3.8, 4) is 0 Å². The Kier molecular flexibility index (Phi) is 3.28. The number of benzene rings is 1. The number of imide groups is 1. The number of hydrogen-bond donors (Lipinski definition) is 0. The van der Waals surface area contributed by atoms with Gasteiger partial charge in [0, 0.05) is 19.0 Å². The number of ketones is 1. The minimum absolute atomic E-state index is 0.0554. The van der Waals surface area contributed by atoms with Gasteiger partial charge in [-0.25, -0.2) is 0 Å². The standard InChI is InChI=1S/C14H15NO3/c1-9(16)7-8-12-10-5-3-4-6-11(10)13(17)15(2)14(12)18/h3-6,12H,7-8H2,1-2H3/t12-/m1/s1. The van der Waals surface area contributed by atoms with Crippen molar-refractivity contribution < 1.29 is 14.4 Å². The first-order valence-corrected chi connectivity index (χ1v) is 5.92. The van der Waals surface area contributed by atoms with Crippen molar-refractivity contribution >= 4 is 17.6 Å². The van der Waals surface area contributed by atoms with Gasteiger partial charge in [0.1, 0.15) is 5.78 Å². The number of fused-ring (bicyclic) bond motifs is 1. The first-order valence-electron chi connectivity index (χ1n) is 5.92. The fraction of sp³-hybridized carbons (Fsp3) is 0.357. The molecule has 4 nitrogen and oxygen atoms in total. The molecule has 0 N–H and O–H groups in total. The molecule has 0 saturated carbocycles. The first kappa shape index (κ1) is 12.5. The van der Waals surface area contributed by atoms with Gasteiger partial charge < -0.3 is 4.79 Å². The SMILES string of the molecule is CC(=O)CC[C@H]1C(=O)N(C)C(=O)c2ccccc21. The highest BCUT2D eigenvalue weighted by Crippen LogP contribution is 2.31. The molecule has 4 heteroatoms. The molecule has 1 aromatic carbocycles. The Hall–Kier alpha value is -1.97. The summed E-state index contributed by atoms with van der Waals surface area (Å²) in [5.74, 6) is -0.817. The van der Waals surface area contributed by atoms with E-state index in [4.69, 9.17) is 0 Å². The molecule has 1 aliphatic rings. The maximum atomic E-state index is 12.1. The van der Waals surface area contributed by atoms with Gasteiger partial charge in [0.15, 0.2) is 0 Å². The predicted octanol–water partition coefficient (Wildman–Crippen LogP) is 1.75. The van der Waals surface area contributed by atoms with Crippen LogP contribution in [0.4, 0.5) is 0 Å². The van der Waals surface area contributed by atoms with Crippen molar-refractivity contribution in [2.75, 3.05) is 7.05 Å². The second-order valence-electron chi connectivity index (χ2n) is 4.58. The quantitative estimate of drug-likeness (QED) is 0.762. The van der Waals surface area contributed by atoms with E-state index in [-0.39, 0.29) is 23.5 Å². The molecule has 0 aromatic heterocycles. The highest BCUT2D eigenvalue weighted by Gasteiger charge is 2.35. The highest BCUT2D eigenvalue weighted by molar-refractivity contribution is 6.11. The number of carbonyl (C=O) groups is 3. The van der Waals surface area contributed by atoms with Gasteiger partial charge in [-0.2, -0.15) is 0 Å². The third kappa shape index (κ3) is 2.06. The summed E-state index contributed by atoms with van der Waals surface area (Å²) in [4.78, 5) is 36.3. The van der Waals surface area contributed by atoms with E-state index in [1.807, 2.05) is 6.07 Å². The molecule has 1 heterocycles. The minimum atomic E-state index is -0.382. The molecule has 0 bridgehead atoms. The average Bonchev–Trinajstić information content (AvgIpc) is 2.36. The zero-order valence-electron chi connectivity index (χ0n) is 10.5. The van der Waals surface area contributed by atoms with E-state index in [2.05, 4.69) is 0 Å². The van der Waals surface area contributed by atoms with Crippen molar-refractivity contribution in [1.29, 1.82) is 0 Å². The molecule has 0 unspecified atom stereocenters. The van der Waals surface area contributed by atoms with Crippen molar-refractivity contribution in [3.05, 3.63) is 35.4 Å². The van der Waals surface area contributed by atoms with Crippen LogP contribution in [0.15, 0.2) is 24.3 Å². The van der Waals surface area contributed by atoms with Crippen LogP contribution in [0.5, 0.6) is 0 Å². The summed E-state index contributed by atoms with van der Waals surface area (Å²) in [5, 5.41) is 0. The monoisotopic (exact) mass is 245 g/mol. The smallest absolute Gasteiger partial charge is 0.260 e. The van der Waals surface area contributed by atoms with Crippen LogP contribution in [-0.2, 0) is 9.59 Å². The van der Waals surface area contributed by atoms with Crippen LogP contribution in [0.25, 0.3) is 0 Å². The Balaban J connectivity index is 2.39. The van der Waals surface area contributed by atoms with E-state index in [1.165, 1.54) is 14.0 Å². The predicted molar refractivity (Wildman–Crippen MR) is 66.2 cm³/mol. The van der Waals surface area contributed by atoms with Gasteiger partial charge in [-0.05, 0) is 25.0 Å². The largest absolute Gasteiger partial charge is 0.300 e. The van der Waals surface area contributed by atoms with Gasteiger partial charge in [-0.1, -0.05) is 18.2 Å². The molecule has 1 aromatic rings. The van der Waals surface area contributed by atoms with Crippen molar-refractivity contribution in [3.63, 3.8) is 0 Å². The van der Waals surface area contributed by atoms with Gasteiger partial charge in [-0.15, -0.1) is 0 Å². The van der Waals surface area contributed by atoms with Gasteiger partial charge >= 0.3 is 0 Å². The zero-order chi connectivity index (χ0) is 13.3. The summed E-state index contributed by atoms with van der Waals surface area (Å²) in [6, 6.07) is 7.11. The van der Waals surface area contributed by atoms with E-state index in [9.17, 15) is 14.4 Å².